The Morgan fingerprint density at radius 3 is 2.50 bits per heavy atom. The minimum Gasteiger partial charge on any atom is -0.324 e. The second kappa shape index (κ2) is 5.95. The molecule has 0 spiro atoms. The molecule has 2 aromatic rings. The summed E-state index contributed by atoms with van der Waals surface area (Å²) in [5.74, 6) is 0. The molecular weight excluding hydrogens is 298 g/mol. The van der Waals surface area contributed by atoms with E-state index in [2.05, 4.69) is 4.98 Å². The molecule has 0 amide bonds. The number of likely N-dealkylation sites (N-methyl/N-ethyl adjacent to an activating group) is 1. The Hall–Kier alpha value is -1.37. The quantitative estimate of drug-likeness (QED) is 0.847. The highest BCUT2D eigenvalue weighted by atomic mass is 35.5. The van der Waals surface area contributed by atoms with Crippen molar-refractivity contribution in [1.29, 1.82) is 0 Å². The summed E-state index contributed by atoms with van der Waals surface area (Å²) >= 11 is 5.95. The number of halogens is 1. The molecule has 7 heteroatoms. The summed E-state index contributed by atoms with van der Waals surface area (Å²) in [6.45, 7) is 0.374. The minimum atomic E-state index is -3.65. The Kier molecular flexibility index (Phi) is 4.47. The normalized spacial score (nSPS) is 12.0. The smallest absolute Gasteiger partial charge is 0.263 e. The van der Waals surface area contributed by atoms with E-state index in [1.165, 1.54) is 22.2 Å². The van der Waals surface area contributed by atoms with Crippen molar-refractivity contribution in [2.24, 2.45) is 7.05 Å². The van der Waals surface area contributed by atoms with Crippen LogP contribution in [0.5, 0.6) is 0 Å². The van der Waals surface area contributed by atoms with E-state index in [0.717, 1.165) is 5.56 Å². The van der Waals surface area contributed by atoms with Gasteiger partial charge in [-0.2, -0.15) is 4.31 Å². The van der Waals surface area contributed by atoms with Crippen LogP contribution in [0.3, 0.4) is 0 Å². The highest BCUT2D eigenvalue weighted by molar-refractivity contribution is 7.89. The lowest BCUT2D eigenvalue weighted by atomic mass is 10.2. The van der Waals surface area contributed by atoms with E-state index >= 15 is 0 Å². The van der Waals surface area contributed by atoms with Gasteiger partial charge in [0.05, 0.1) is 6.33 Å². The number of aromatic nitrogens is 2. The molecule has 0 atom stereocenters. The number of nitrogens with zero attached hydrogens (tertiary/aromatic N) is 3. The Morgan fingerprint density at radius 2 is 1.95 bits per heavy atom. The second-order valence-electron chi connectivity index (χ2n) is 4.51. The number of hydrogen-bond donors (Lipinski definition) is 0. The molecule has 1 heterocycles. The lowest BCUT2D eigenvalue weighted by Gasteiger charge is -2.15. The van der Waals surface area contributed by atoms with E-state index in [4.69, 9.17) is 11.6 Å². The first-order valence-electron chi connectivity index (χ1n) is 6.10. The number of hydrogen-bond acceptors (Lipinski definition) is 3. The van der Waals surface area contributed by atoms with Gasteiger partial charge in [-0.15, -0.1) is 0 Å². The van der Waals surface area contributed by atoms with E-state index in [0.29, 0.717) is 13.0 Å². The van der Waals surface area contributed by atoms with Gasteiger partial charge in [-0.25, -0.2) is 13.4 Å². The van der Waals surface area contributed by atoms with E-state index in [1.807, 2.05) is 30.3 Å². The molecule has 0 fully saturated rings. The largest absolute Gasteiger partial charge is 0.324 e. The second-order valence-corrected chi connectivity index (χ2v) is 6.83. The lowest BCUT2D eigenvalue weighted by molar-refractivity contribution is 0.470. The molecule has 2 rings (SSSR count). The number of sulfonamides is 1. The van der Waals surface area contributed by atoms with E-state index < -0.39 is 10.0 Å². The van der Waals surface area contributed by atoms with Crippen LogP contribution in [0.4, 0.5) is 0 Å². The molecule has 0 aliphatic carbocycles. The van der Waals surface area contributed by atoms with Crippen LogP contribution in [-0.2, 0) is 23.5 Å². The van der Waals surface area contributed by atoms with Gasteiger partial charge < -0.3 is 4.57 Å². The van der Waals surface area contributed by atoms with Crippen molar-refractivity contribution >= 4 is 21.6 Å². The predicted molar refractivity (Wildman–Crippen MR) is 78.2 cm³/mol. The lowest BCUT2D eigenvalue weighted by Crippen LogP contribution is -2.29. The van der Waals surface area contributed by atoms with Gasteiger partial charge >= 0.3 is 0 Å². The fraction of sp³-hybridized carbons (Fsp3) is 0.308. The monoisotopic (exact) mass is 313 g/mol. The molecule has 0 aliphatic rings. The zero-order valence-corrected chi connectivity index (χ0v) is 12.9. The predicted octanol–water partition coefficient (Wildman–Crippen LogP) is 1.94. The molecule has 1 aromatic carbocycles. The van der Waals surface area contributed by atoms with Gasteiger partial charge in [0.15, 0.2) is 0 Å². The van der Waals surface area contributed by atoms with Gasteiger partial charge in [0, 0.05) is 20.6 Å². The highest BCUT2D eigenvalue weighted by Gasteiger charge is 2.26. The van der Waals surface area contributed by atoms with E-state index in [-0.39, 0.29) is 10.2 Å². The van der Waals surface area contributed by atoms with Crippen molar-refractivity contribution in [3.05, 3.63) is 47.4 Å². The summed E-state index contributed by atoms with van der Waals surface area (Å²) in [6, 6.07) is 9.72. The third-order valence-corrected chi connectivity index (χ3v) is 5.40. The Balaban J connectivity index is 2.12. The summed E-state index contributed by atoms with van der Waals surface area (Å²) in [4.78, 5) is 3.86. The zero-order chi connectivity index (χ0) is 14.8. The van der Waals surface area contributed by atoms with Crippen LogP contribution in [0.25, 0.3) is 0 Å². The number of aryl methyl sites for hydroxylation is 1. The third kappa shape index (κ3) is 3.03. The third-order valence-electron chi connectivity index (χ3n) is 3.05. The van der Waals surface area contributed by atoms with Gasteiger partial charge in [0.25, 0.3) is 10.0 Å². The first-order chi connectivity index (χ1) is 9.43. The molecule has 0 aliphatic heterocycles. The fourth-order valence-corrected chi connectivity index (χ4v) is 3.31. The molecule has 108 valence electrons. The van der Waals surface area contributed by atoms with Crippen molar-refractivity contribution < 1.29 is 8.42 Å². The van der Waals surface area contributed by atoms with Gasteiger partial charge in [0.1, 0.15) is 5.15 Å². The molecule has 0 saturated heterocycles. The molecule has 20 heavy (non-hydrogen) atoms. The Morgan fingerprint density at radius 1 is 1.30 bits per heavy atom. The van der Waals surface area contributed by atoms with Crippen LogP contribution in [0.1, 0.15) is 5.56 Å². The number of rotatable bonds is 5. The molecule has 1 aromatic heterocycles. The van der Waals surface area contributed by atoms with Crippen LogP contribution in [0, 0.1) is 0 Å². The molecular formula is C13H16ClN3O2S. The summed E-state index contributed by atoms with van der Waals surface area (Å²) in [7, 11) is -0.467. The fourth-order valence-electron chi connectivity index (χ4n) is 1.77. The summed E-state index contributed by atoms with van der Waals surface area (Å²) in [5.41, 5.74) is 1.08. The number of benzene rings is 1. The van der Waals surface area contributed by atoms with Crippen molar-refractivity contribution in [3.8, 4) is 0 Å². The molecule has 0 bridgehead atoms. The molecule has 0 unspecified atom stereocenters. The maximum absolute atomic E-state index is 12.4. The SMILES string of the molecule is CN(CCc1ccccc1)S(=O)(=O)c1ncn(C)c1Cl. The maximum atomic E-state index is 12.4. The number of imidazole rings is 1. The molecule has 5 nitrogen and oxygen atoms in total. The highest BCUT2D eigenvalue weighted by Crippen LogP contribution is 2.21. The van der Waals surface area contributed by atoms with Crippen LogP contribution in [0.15, 0.2) is 41.7 Å². The van der Waals surface area contributed by atoms with Crippen molar-refractivity contribution in [2.75, 3.05) is 13.6 Å². The Labute approximate surface area is 123 Å². The zero-order valence-electron chi connectivity index (χ0n) is 11.3. The Bertz CT molecular complexity index is 683. The van der Waals surface area contributed by atoms with Crippen LogP contribution < -0.4 is 0 Å². The van der Waals surface area contributed by atoms with Crippen LogP contribution in [0.2, 0.25) is 5.15 Å². The molecule has 0 N–H and O–H groups in total. The summed E-state index contributed by atoms with van der Waals surface area (Å²) < 4.78 is 27.5. The maximum Gasteiger partial charge on any atom is 0.263 e. The van der Waals surface area contributed by atoms with E-state index in [9.17, 15) is 8.42 Å². The van der Waals surface area contributed by atoms with Gasteiger partial charge in [0.2, 0.25) is 5.03 Å². The average molecular weight is 314 g/mol. The first kappa shape index (κ1) is 15.0. The molecule has 0 radical (unpaired) electrons. The summed E-state index contributed by atoms with van der Waals surface area (Å²) in [6.07, 6.45) is 2.03. The first-order valence-corrected chi connectivity index (χ1v) is 7.92. The van der Waals surface area contributed by atoms with Gasteiger partial charge in [-0.1, -0.05) is 41.9 Å². The standard InChI is InChI=1S/C13H16ClN3O2S/c1-16-10-15-13(12(16)14)20(18,19)17(2)9-8-11-6-4-3-5-7-11/h3-7,10H,8-9H2,1-2H3. The minimum absolute atomic E-state index is 0.0998. The summed E-state index contributed by atoms with van der Waals surface area (Å²) in [5, 5.41) is 0.0220. The van der Waals surface area contributed by atoms with Crippen LogP contribution in [-0.4, -0.2) is 35.9 Å². The van der Waals surface area contributed by atoms with Gasteiger partial charge in [-0.3, -0.25) is 0 Å². The molecule has 0 saturated carbocycles. The van der Waals surface area contributed by atoms with E-state index in [1.54, 1.807) is 7.05 Å². The van der Waals surface area contributed by atoms with Crippen molar-refractivity contribution in [3.63, 3.8) is 0 Å². The van der Waals surface area contributed by atoms with Crippen molar-refractivity contribution in [2.45, 2.75) is 11.4 Å². The van der Waals surface area contributed by atoms with Crippen molar-refractivity contribution in [1.82, 2.24) is 13.9 Å². The topological polar surface area (TPSA) is 55.2 Å². The average Bonchev–Trinajstić information content (AvgIpc) is 2.78. The van der Waals surface area contributed by atoms with Crippen LogP contribution >= 0.6 is 11.6 Å². The van der Waals surface area contributed by atoms with Gasteiger partial charge in [-0.05, 0) is 12.0 Å².